The summed E-state index contributed by atoms with van der Waals surface area (Å²) in [6.45, 7) is 2.56. The van der Waals surface area contributed by atoms with E-state index in [0.717, 1.165) is 6.42 Å². The highest BCUT2D eigenvalue weighted by molar-refractivity contribution is 4.89. The number of hydrogen-bond acceptors (Lipinski definition) is 5. The van der Waals surface area contributed by atoms with Crippen molar-refractivity contribution in [2.45, 2.75) is 115 Å². The summed E-state index contributed by atoms with van der Waals surface area (Å²) in [6, 6.07) is 0. The van der Waals surface area contributed by atoms with Crippen LogP contribution >= 0.6 is 0 Å². The molecule has 166 valence electrons. The lowest BCUT2D eigenvalue weighted by Gasteiger charge is -2.36. The Bertz CT molecular complexity index is 374. The normalized spacial score (nSPS) is 25.6. The van der Waals surface area contributed by atoms with E-state index in [4.69, 9.17) is 14.6 Å². The van der Waals surface area contributed by atoms with Gasteiger partial charge >= 0.3 is 0 Å². The maximum absolute atomic E-state index is 9.97. The number of allylic oxidation sites excluding steroid dienone is 1. The van der Waals surface area contributed by atoms with Crippen molar-refractivity contribution in [1.82, 2.24) is 0 Å². The lowest BCUT2D eigenvalue weighted by Crippen LogP contribution is -2.54. The number of hydrogen-bond donors (Lipinski definition) is 3. The maximum atomic E-state index is 9.97. The van der Waals surface area contributed by atoms with E-state index < -0.39 is 24.4 Å². The third-order valence-corrected chi connectivity index (χ3v) is 5.56. The van der Waals surface area contributed by atoms with Crippen molar-refractivity contribution >= 4 is 0 Å². The Morgan fingerprint density at radius 1 is 0.821 bits per heavy atom. The Kier molecular flexibility index (Phi) is 15.9. The molecule has 1 saturated heterocycles. The zero-order valence-corrected chi connectivity index (χ0v) is 17.9. The summed E-state index contributed by atoms with van der Waals surface area (Å²) in [5.74, 6) is 0. The van der Waals surface area contributed by atoms with E-state index in [2.05, 4.69) is 13.0 Å². The van der Waals surface area contributed by atoms with E-state index in [1.807, 2.05) is 6.08 Å². The average Bonchev–Trinajstić information content (AvgIpc) is 2.70. The van der Waals surface area contributed by atoms with Gasteiger partial charge in [-0.1, -0.05) is 89.7 Å². The number of aliphatic hydroxyl groups excluding tert-OH is 3. The number of unbranched alkanes of at least 4 members (excludes halogenated alkanes) is 12. The minimum Gasteiger partial charge on any atom is -0.394 e. The lowest BCUT2D eigenvalue weighted by atomic mass is 10.0. The second-order valence-electron chi connectivity index (χ2n) is 8.06. The van der Waals surface area contributed by atoms with Gasteiger partial charge in [-0.25, -0.2) is 0 Å². The molecule has 0 spiro atoms. The van der Waals surface area contributed by atoms with Crippen LogP contribution in [0.5, 0.6) is 0 Å². The Morgan fingerprint density at radius 2 is 1.39 bits per heavy atom. The van der Waals surface area contributed by atoms with Crippen molar-refractivity contribution in [3.63, 3.8) is 0 Å². The fourth-order valence-electron chi connectivity index (χ4n) is 3.63. The second-order valence-corrected chi connectivity index (χ2v) is 8.06. The topological polar surface area (TPSA) is 79.2 Å². The molecule has 28 heavy (non-hydrogen) atoms. The van der Waals surface area contributed by atoms with Gasteiger partial charge in [0, 0.05) is 0 Å². The highest BCUT2D eigenvalue weighted by Crippen LogP contribution is 2.18. The van der Waals surface area contributed by atoms with Crippen molar-refractivity contribution in [3.8, 4) is 0 Å². The molecule has 0 aromatic heterocycles. The summed E-state index contributed by atoms with van der Waals surface area (Å²) >= 11 is 0. The van der Waals surface area contributed by atoms with Gasteiger partial charge in [-0.05, 0) is 12.8 Å². The molecule has 0 aliphatic carbocycles. The van der Waals surface area contributed by atoms with Gasteiger partial charge in [-0.15, -0.1) is 0 Å². The summed E-state index contributed by atoms with van der Waals surface area (Å²) in [5, 5.41) is 28.8. The molecule has 3 N–H and O–H groups in total. The summed E-state index contributed by atoms with van der Waals surface area (Å²) in [5.41, 5.74) is 0. The minimum atomic E-state index is -1.10. The van der Waals surface area contributed by atoms with Crippen LogP contribution < -0.4 is 0 Å². The van der Waals surface area contributed by atoms with Crippen LogP contribution in [0.2, 0.25) is 0 Å². The van der Waals surface area contributed by atoms with E-state index in [1.54, 1.807) is 0 Å². The standard InChI is InChI=1S/C23H44O5/c1-2-3-4-5-6-7-8-9-10-11-12-13-14-15-16-17-27-21-19-28-20(18-24)22(25)23(21)26/h15-16,20-26H,2-14,17-19H2,1H3/b16-15+/t20-,21+,22-,23-/m1/s1. The molecule has 5 heteroatoms. The zero-order valence-electron chi connectivity index (χ0n) is 17.9. The van der Waals surface area contributed by atoms with E-state index in [9.17, 15) is 10.2 Å². The van der Waals surface area contributed by atoms with Crippen molar-refractivity contribution in [2.75, 3.05) is 19.8 Å². The molecule has 0 aromatic carbocycles. The molecule has 4 atom stereocenters. The maximum Gasteiger partial charge on any atom is 0.111 e. The molecule has 0 radical (unpaired) electrons. The summed E-state index contributed by atoms with van der Waals surface area (Å²) < 4.78 is 10.9. The average molecular weight is 401 g/mol. The first-order chi connectivity index (χ1) is 13.7. The predicted octanol–water partition coefficient (Wildman–Crippen LogP) is 4.13. The van der Waals surface area contributed by atoms with E-state index in [0.29, 0.717) is 6.61 Å². The highest BCUT2D eigenvalue weighted by atomic mass is 16.6. The molecule has 0 amide bonds. The highest BCUT2D eigenvalue weighted by Gasteiger charge is 2.38. The van der Waals surface area contributed by atoms with Crippen molar-refractivity contribution in [1.29, 1.82) is 0 Å². The molecule has 5 nitrogen and oxygen atoms in total. The largest absolute Gasteiger partial charge is 0.394 e. The Hall–Kier alpha value is -0.460. The molecule has 0 aromatic rings. The first kappa shape index (κ1) is 25.6. The second kappa shape index (κ2) is 17.4. The van der Waals surface area contributed by atoms with Crippen LogP contribution in [-0.2, 0) is 9.47 Å². The van der Waals surface area contributed by atoms with Crippen LogP contribution in [0.3, 0.4) is 0 Å². The summed E-state index contributed by atoms with van der Waals surface area (Å²) in [7, 11) is 0. The van der Waals surface area contributed by atoms with Crippen molar-refractivity contribution < 1.29 is 24.8 Å². The third kappa shape index (κ3) is 11.5. The monoisotopic (exact) mass is 400 g/mol. The first-order valence-electron chi connectivity index (χ1n) is 11.6. The van der Waals surface area contributed by atoms with Crippen molar-refractivity contribution in [2.24, 2.45) is 0 Å². The first-order valence-corrected chi connectivity index (χ1v) is 11.6. The Labute approximate surface area is 172 Å². The van der Waals surface area contributed by atoms with Gasteiger partial charge in [0.2, 0.25) is 0 Å². The van der Waals surface area contributed by atoms with Crippen LogP contribution in [0.25, 0.3) is 0 Å². The van der Waals surface area contributed by atoms with Gasteiger partial charge in [-0.2, -0.15) is 0 Å². The minimum absolute atomic E-state index is 0.191. The number of aliphatic hydroxyl groups is 3. The van der Waals surface area contributed by atoms with Crippen LogP contribution in [0.15, 0.2) is 12.2 Å². The van der Waals surface area contributed by atoms with Crippen LogP contribution in [0.1, 0.15) is 90.4 Å². The number of ether oxygens (including phenoxy) is 2. The molecule has 1 aliphatic heterocycles. The van der Waals surface area contributed by atoms with Gasteiger partial charge < -0.3 is 24.8 Å². The third-order valence-electron chi connectivity index (χ3n) is 5.56. The van der Waals surface area contributed by atoms with Gasteiger partial charge in [0.05, 0.1) is 19.8 Å². The molecular weight excluding hydrogens is 356 g/mol. The van der Waals surface area contributed by atoms with Crippen LogP contribution in [0, 0.1) is 0 Å². The smallest absolute Gasteiger partial charge is 0.111 e. The summed E-state index contributed by atoms with van der Waals surface area (Å²) in [4.78, 5) is 0. The zero-order chi connectivity index (χ0) is 20.5. The molecule has 1 aliphatic rings. The number of rotatable bonds is 17. The van der Waals surface area contributed by atoms with Crippen molar-refractivity contribution in [3.05, 3.63) is 12.2 Å². The molecule has 1 heterocycles. The molecule has 0 bridgehead atoms. The molecule has 1 rings (SSSR count). The summed E-state index contributed by atoms with van der Waals surface area (Å²) in [6.07, 6.45) is 18.1. The molecule has 1 fully saturated rings. The quantitative estimate of drug-likeness (QED) is 0.253. The van der Waals surface area contributed by atoms with Gasteiger partial charge in [0.25, 0.3) is 0 Å². The fourth-order valence-corrected chi connectivity index (χ4v) is 3.63. The fraction of sp³-hybridized carbons (Fsp3) is 0.913. The Morgan fingerprint density at radius 3 is 1.96 bits per heavy atom. The molecule has 0 unspecified atom stereocenters. The van der Waals surface area contributed by atoms with E-state index in [-0.39, 0.29) is 13.2 Å². The van der Waals surface area contributed by atoms with E-state index in [1.165, 1.54) is 77.0 Å². The van der Waals surface area contributed by atoms with E-state index >= 15 is 0 Å². The SMILES string of the molecule is CCCCCCCCCCCCCC/C=C/CO[C@H]1CO[C@H](CO)[C@@H](O)[C@@H]1O. The van der Waals surface area contributed by atoms with Gasteiger partial charge in [0.15, 0.2) is 0 Å². The predicted molar refractivity (Wildman–Crippen MR) is 113 cm³/mol. The van der Waals surface area contributed by atoms with Gasteiger partial charge in [-0.3, -0.25) is 0 Å². The van der Waals surface area contributed by atoms with Crippen LogP contribution in [-0.4, -0.2) is 59.6 Å². The van der Waals surface area contributed by atoms with Crippen LogP contribution in [0.4, 0.5) is 0 Å². The Balaban J connectivity index is 1.87. The molecular formula is C23H44O5. The van der Waals surface area contributed by atoms with Gasteiger partial charge in [0.1, 0.15) is 24.4 Å². The lowest BCUT2D eigenvalue weighted by molar-refractivity contribution is -0.205. The molecule has 0 saturated carbocycles.